The molecule has 0 N–H and O–H groups in total. The van der Waals surface area contributed by atoms with Gasteiger partial charge in [0.1, 0.15) is 11.6 Å². The molecule has 1 fully saturated rings. The maximum absolute atomic E-state index is 13.0. The van der Waals surface area contributed by atoms with Crippen molar-refractivity contribution in [1.82, 2.24) is 19.2 Å². The first-order chi connectivity index (χ1) is 13.9. The fourth-order valence-corrected chi connectivity index (χ4v) is 3.85. The van der Waals surface area contributed by atoms with Crippen molar-refractivity contribution in [3.05, 3.63) is 46.1 Å². The van der Waals surface area contributed by atoms with Gasteiger partial charge in [0, 0.05) is 37.7 Å². The number of hydrogen-bond acceptors (Lipinski definition) is 4. The molecule has 7 nitrogen and oxygen atoms in total. The van der Waals surface area contributed by atoms with Crippen LogP contribution < -0.4 is 10.4 Å². The van der Waals surface area contributed by atoms with E-state index < -0.39 is 0 Å². The van der Waals surface area contributed by atoms with Crippen LogP contribution >= 0.6 is 0 Å². The number of ether oxygens (including phenoxy) is 1. The highest BCUT2D eigenvalue weighted by molar-refractivity contribution is 5.94. The Morgan fingerprint density at radius 2 is 2.00 bits per heavy atom. The minimum atomic E-state index is -0.0999. The minimum Gasteiger partial charge on any atom is -0.494 e. The summed E-state index contributed by atoms with van der Waals surface area (Å²) in [5, 5.41) is 4.48. The van der Waals surface area contributed by atoms with E-state index in [1.54, 1.807) is 11.6 Å². The van der Waals surface area contributed by atoms with Crippen LogP contribution in [0.3, 0.4) is 0 Å². The number of aryl methyl sites for hydroxylation is 1. The summed E-state index contributed by atoms with van der Waals surface area (Å²) in [5.41, 5.74) is 0.563. The molecule has 0 spiro atoms. The molecule has 1 aromatic carbocycles. The number of amides is 1. The predicted octanol–water partition coefficient (Wildman–Crippen LogP) is 3.36. The Bertz CT molecular complexity index is 882. The molecule has 1 unspecified atom stereocenters. The topological polar surface area (TPSA) is 69.4 Å². The van der Waals surface area contributed by atoms with Gasteiger partial charge in [-0.1, -0.05) is 13.3 Å². The normalized spacial score (nSPS) is 17.0. The molecular formula is C22H32N4O3. The first-order valence-corrected chi connectivity index (χ1v) is 10.6. The van der Waals surface area contributed by atoms with Crippen LogP contribution in [-0.4, -0.2) is 44.9 Å². The lowest BCUT2D eigenvalue weighted by Gasteiger charge is -2.32. The highest BCUT2D eigenvalue weighted by atomic mass is 16.5. The number of rotatable bonds is 7. The van der Waals surface area contributed by atoms with Gasteiger partial charge in [-0.05, 0) is 57.4 Å². The van der Waals surface area contributed by atoms with Crippen molar-refractivity contribution in [1.29, 1.82) is 0 Å². The maximum atomic E-state index is 13.0. The number of benzene rings is 1. The molecule has 1 saturated heterocycles. The third kappa shape index (κ3) is 4.71. The van der Waals surface area contributed by atoms with Crippen LogP contribution in [0.2, 0.25) is 0 Å². The SMILES string of the molecule is CCCCOc1ccc(C(=O)N2CCCC(c3nn(C)c(=O)n3C(C)C)C2)cc1. The summed E-state index contributed by atoms with van der Waals surface area (Å²) in [6.45, 7) is 8.10. The number of nitrogens with zero attached hydrogens (tertiary/aromatic N) is 4. The summed E-state index contributed by atoms with van der Waals surface area (Å²) in [6, 6.07) is 7.42. The van der Waals surface area contributed by atoms with Crippen molar-refractivity contribution < 1.29 is 9.53 Å². The number of carbonyl (C=O) groups is 1. The van der Waals surface area contributed by atoms with Crippen molar-refractivity contribution in [2.75, 3.05) is 19.7 Å². The lowest BCUT2D eigenvalue weighted by molar-refractivity contribution is 0.0702. The fraction of sp³-hybridized carbons (Fsp3) is 0.591. The van der Waals surface area contributed by atoms with Gasteiger partial charge < -0.3 is 9.64 Å². The molecule has 29 heavy (non-hydrogen) atoms. The average molecular weight is 401 g/mol. The molecule has 1 amide bonds. The highest BCUT2D eigenvalue weighted by Gasteiger charge is 2.30. The summed E-state index contributed by atoms with van der Waals surface area (Å²) in [7, 11) is 1.68. The van der Waals surface area contributed by atoms with Gasteiger partial charge in [0.25, 0.3) is 5.91 Å². The first-order valence-electron chi connectivity index (χ1n) is 10.6. The molecule has 3 rings (SSSR count). The molecule has 1 aromatic heterocycles. The Hall–Kier alpha value is -2.57. The summed E-state index contributed by atoms with van der Waals surface area (Å²) in [4.78, 5) is 27.3. The number of likely N-dealkylation sites (tertiary alicyclic amines) is 1. The van der Waals surface area contributed by atoms with Crippen molar-refractivity contribution in [2.24, 2.45) is 7.05 Å². The lowest BCUT2D eigenvalue weighted by Crippen LogP contribution is -2.40. The Kier molecular flexibility index (Phi) is 6.77. The second kappa shape index (κ2) is 9.29. The van der Waals surface area contributed by atoms with Crippen molar-refractivity contribution in [2.45, 2.75) is 58.4 Å². The Morgan fingerprint density at radius 1 is 1.28 bits per heavy atom. The smallest absolute Gasteiger partial charge is 0.345 e. The van der Waals surface area contributed by atoms with E-state index in [1.807, 2.05) is 43.0 Å². The molecule has 0 aliphatic carbocycles. The number of aromatic nitrogens is 3. The summed E-state index contributed by atoms with van der Waals surface area (Å²) >= 11 is 0. The van der Waals surface area contributed by atoms with E-state index in [1.165, 1.54) is 4.68 Å². The Balaban J connectivity index is 1.72. The molecule has 1 aliphatic heterocycles. The van der Waals surface area contributed by atoms with Crippen molar-refractivity contribution in [3.8, 4) is 5.75 Å². The van der Waals surface area contributed by atoms with E-state index >= 15 is 0 Å². The predicted molar refractivity (Wildman–Crippen MR) is 113 cm³/mol. The Morgan fingerprint density at radius 3 is 2.66 bits per heavy atom. The van der Waals surface area contributed by atoms with Crippen LogP contribution in [0, 0.1) is 0 Å². The third-order valence-corrected chi connectivity index (χ3v) is 5.44. The van der Waals surface area contributed by atoms with Crippen LogP contribution in [0.15, 0.2) is 29.1 Å². The van der Waals surface area contributed by atoms with Gasteiger partial charge in [-0.2, -0.15) is 5.10 Å². The molecule has 0 bridgehead atoms. The largest absolute Gasteiger partial charge is 0.494 e. The number of unbranched alkanes of at least 4 members (excludes halogenated alkanes) is 1. The van der Waals surface area contributed by atoms with Crippen LogP contribution in [-0.2, 0) is 7.05 Å². The monoisotopic (exact) mass is 400 g/mol. The van der Waals surface area contributed by atoms with Gasteiger partial charge in [-0.3, -0.25) is 9.36 Å². The van der Waals surface area contributed by atoms with E-state index in [9.17, 15) is 9.59 Å². The summed E-state index contributed by atoms with van der Waals surface area (Å²) in [6.07, 6.45) is 3.94. The molecule has 158 valence electrons. The Labute approximate surface area is 172 Å². The van der Waals surface area contributed by atoms with E-state index in [0.717, 1.165) is 43.8 Å². The van der Waals surface area contributed by atoms with E-state index in [0.29, 0.717) is 18.7 Å². The van der Waals surface area contributed by atoms with Crippen LogP contribution in [0.25, 0.3) is 0 Å². The molecule has 0 radical (unpaired) electrons. The number of carbonyl (C=O) groups excluding carboxylic acids is 1. The zero-order valence-electron chi connectivity index (χ0n) is 17.9. The van der Waals surface area contributed by atoms with Crippen LogP contribution in [0.1, 0.15) is 74.6 Å². The molecule has 7 heteroatoms. The second-order valence-corrected chi connectivity index (χ2v) is 8.04. The van der Waals surface area contributed by atoms with Gasteiger partial charge >= 0.3 is 5.69 Å². The van der Waals surface area contributed by atoms with Gasteiger partial charge in [-0.15, -0.1) is 0 Å². The molecule has 2 aromatic rings. The minimum absolute atomic E-state index is 0.0178. The molecule has 1 aliphatic rings. The zero-order valence-corrected chi connectivity index (χ0v) is 17.9. The highest BCUT2D eigenvalue weighted by Crippen LogP contribution is 2.27. The maximum Gasteiger partial charge on any atom is 0.345 e. The van der Waals surface area contributed by atoms with E-state index in [4.69, 9.17) is 4.74 Å². The summed E-state index contributed by atoms with van der Waals surface area (Å²) < 4.78 is 8.83. The van der Waals surface area contributed by atoms with Crippen LogP contribution in [0.4, 0.5) is 0 Å². The molecule has 2 heterocycles. The first kappa shape index (κ1) is 21.1. The van der Waals surface area contributed by atoms with E-state index in [2.05, 4.69) is 12.0 Å². The zero-order chi connectivity index (χ0) is 21.0. The van der Waals surface area contributed by atoms with Gasteiger partial charge in [-0.25, -0.2) is 9.48 Å². The van der Waals surface area contributed by atoms with Crippen molar-refractivity contribution >= 4 is 5.91 Å². The molecule has 1 atom stereocenters. The average Bonchev–Trinajstić information content (AvgIpc) is 3.03. The van der Waals surface area contributed by atoms with Crippen LogP contribution in [0.5, 0.6) is 5.75 Å². The summed E-state index contributed by atoms with van der Waals surface area (Å²) in [5.74, 6) is 1.66. The van der Waals surface area contributed by atoms with Gasteiger partial charge in [0.05, 0.1) is 6.61 Å². The number of piperidine rings is 1. The van der Waals surface area contributed by atoms with Crippen molar-refractivity contribution in [3.63, 3.8) is 0 Å². The number of hydrogen-bond donors (Lipinski definition) is 0. The van der Waals surface area contributed by atoms with Gasteiger partial charge in [0.15, 0.2) is 0 Å². The third-order valence-electron chi connectivity index (χ3n) is 5.44. The van der Waals surface area contributed by atoms with E-state index in [-0.39, 0.29) is 23.6 Å². The standard InChI is InChI=1S/C22H32N4O3/c1-5-6-14-29-19-11-9-17(10-12-19)21(27)25-13-7-8-18(15-25)20-23-24(4)22(28)26(20)16(2)3/h9-12,16,18H,5-8,13-15H2,1-4H3. The molecular weight excluding hydrogens is 368 g/mol. The molecule has 0 saturated carbocycles. The lowest BCUT2D eigenvalue weighted by atomic mass is 9.96. The van der Waals surface area contributed by atoms with Gasteiger partial charge in [0.2, 0.25) is 0 Å². The quantitative estimate of drug-likeness (QED) is 0.668. The second-order valence-electron chi connectivity index (χ2n) is 8.04. The fourth-order valence-electron chi connectivity index (χ4n) is 3.85.